The van der Waals surface area contributed by atoms with Crippen molar-refractivity contribution < 1.29 is 13.6 Å². The van der Waals surface area contributed by atoms with E-state index in [1.165, 1.54) is 24.3 Å². The van der Waals surface area contributed by atoms with Gasteiger partial charge in [-0.15, -0.1) is 0 Å². The summed E-state index contributed by atoms with van der Waals surface area (Å²) in [6.07, 6.45) is 0.763. The van der Waals surface area contributed by atoms with Gasteiger partial charge in [-0.1, -0.05) is 6.92 Å². The predicted molar refractivity (Wildman–Crippen MR) is 65.1 cm³/mol. The molecule has 1 aromatic heterocycles. The molecule has 94 valence electrons. The molecule has 0 bridgehead atoms. The van der Waals surface area contributed by atoms with Gasteiger partial charge in [0.05, 0.1) is 0 Å². The summed E-state index contributed by atoms with van der Waals surface area (Å²) in [5.41, 5.74) is -0.572. The molecule has 1 heterocycles. The lowest BCUT2D eigenvalue weighted by atomic mass is 10.1. The van der Waals surface area contributed by atoms with Crippen molar-refractivity contribution in [1.82, 2.24) is 5.32 Å². The largest absolute Gasteiger partial charge is 0.422 e. The molecule has 0 unspecified atom stereocenters. The predicted octanol–water partition coefficient (Wildman–Crippen LogP) is 2.07. The van der Waals surface area contributed by atoms with Crippen LogP contribution in [0.15, 0.2) is 33.5 Å². The van der Waals surface area contributed by atoms with Crippen molar-refractivity contribution in [1.29, 1.82) is 0 Å². The first-order chi connectivity index (χ1) is 8.61. The fourth-order valence-electron chi connectivity index (χ4n) is 1.59. The summed E-state index contributed by atoms with van der Waals surface area (Å²) in [5, 5.41) is 2.96. The number of fused-ring (bicyclic) bond motifs is 1. The Labute approximate surface area is 102 Å². The van der Waals surface area contributed by atoms with Crippen LogP contribution in [-0.2, 0) is 0 Å². The Morgan fingerprint density at radius 1 is 1.39 bits per heavy atom. The van der Waals surface area contributed by atoms with Crippen molar-refractivity contribution in [2.75, 3.05) is 6.54 Å². The second kappa shape index (κ2) is 5.00. The van der Waals surface area contributed by atoms with Crippen LogP contribution in [0.5, 0.6) is 0 Å². The molecule has 0 spiro atoms. The van der Waals surface area contributed by atoms with Crippen LogP contribution in [0.4, 0.5) is 4.39 Å². The van der Waals surface area contributed by atoms with Crippen molar-refractivity contribution in [3.63, 3.8) is 0 Å². The minimum absolute atomic E-state index is 0.110. The van der Waals surface area contributed by atoms with Gasteiger partial charge in [0.15, 0.2) is 0 Å². The quantitative estimate of drug-likeness (QED) is 0.847. The smallest absolute Gasteiger partial charge is 0.349 e. The van der Waals surface area contributed by atoms with Crippen LogP contribution in [0.3, 0.4) is 0 Å². The van der Waals surface area contributed by atoms with E-state index in [9.17, 15) is 14.0 Å². The van der Waals surface area contributed by atoms with Crippen molar-refractivity contribution in [3.8, 4) is 0 Å². The third kappa shape index (κ3) is 2.40. The van der Waals surface area contributed by atoms with E-state index in [2.05, 4.69) is 5.32 Å². The molecule has 1 amide bonds. The van der Waals surface area contributed by atoms with Gasteiger partial charge in [0, 0.05) is 11.9 Å². The van der Waals surface area contributed by atoms with Crippen LogP contribution < -0.4 is 10.9 Å². The van der Waals surface area contributed by atoms with Crippen LogP contribution in [0, 0.1) is 5.82 Å². The van der Waals surface area contributed by atoms with E-state index in [1.807, 2.05) is 6.92 Å². The highest BCUT2D eigenvalue weighted by atomic mass is 19.1. The zero-order valence-corrected chi connectivity index (χ0v) is 9.83. The minimum Gasteiger partial charge on any atom is -0.422 e. The number of carbonyl (C=O) groups excluding carboxylic acids is 1. The van der Waals surface area contributed by atoms with E-state index in [-0.39, 0.29) is 11.1 Å². The first kappa shape index (κ1) is 12.3. The summed E-state index contributed by atoms with van der Waals surface area (Å²) >= 11 is 0. The molecule has 4 nitrogen and oxygen atoms in total. The van der Waals surface area contributed by atoms with Gasteiger partial charge in [-0.2, -0.15) is 0 Å². The van der Waals surface area contributed by atoms with E-state index < -0.39 is 17.3 Å². The lowest BCUT2D eigenvalue weighted by Crippen LogP contribution is -2.28. The molecule has 0 aliphatic rings. The van der Waals surface area contributed by atoms with Gasteiger partial charge >= 0.3 is 5.63 Å². The summed E-state index contributed by atoms with van der Waals surface area (Å²) in [6.45, 7) is 2.37. The fraction of sp³-hybridized carbons (Fsp3) is 0.231. The molecule has 5 heteroatoms. The summed E-state index contributed by atoms with van der Waals surface area (Å²) in [4.78, 5) is 23.3. The molecular formula is C13H12FNO3. The summed E-state index contributed by atoms with van der Waals surface area (Å²) < 4.78 is 18.0. The van der Waals surface area contributed by atoms with Crippen molar-refractivity contribution in [3.05, 3.63) is 46.1 Å². The number of amides is 1. The first-order valence-corrected chi connectivity index (χ1v) is 5.63. The van der Waals surface area contributed by atoms with Crippen molar-refractivity contribution in [2.45, 2.75) is 13.3 Å². The zero-order valence-electron chi connectivity index (χ0n) is 9.83. The molecule has 0 saturated heterocycles. The zero-order chi connectivity index (χ0) is 13.1. The van der Waals surface area contributed by atoms with Gasteiger partial charge in [-0.25, -0.2) is 9.18 Å². The van der Waals surface area contributed by atoms with Gasteiger partial charge in [-0.05, 0) is 30.7 Å². The highest BCUT2D eigenvalue weighted by Gasteiger charge is 2.13. The van der Waals surface area contributed by atoms with Gasteiger partial charge < -0.3 is 9.73 Å². The number of benzene rings is 1. The maximum Gasteiger partial charge on any atom is 0.349 e. The number of hydrogen-bond acceptors (Lipinski definition) is 3. The van der Waals surface area contributed by atoms with E-state index >= 15 is 0 Å². The molecule has 2 rings (SSSR count). The third-order valence-corrected chi connectivity index (χ3v) is 2.47. The second-order valence-corrected chi connectivity index (χ2v) is 3.89. The van der Waals surface area contributed by atoms with Crippen LogP contribution >= 0.6 is 0 Å². The SMILES string of the molecule is CCCNC(=O)c1cc2cc(F)ccc2oc1=O. The molecule has 0 radical (unpaired) electrons. The highest BCUT2D eigenvalue weighted by Crippen LogP contribution is 2.14. The molecule has 0 saturated carbocycles. The summed E-state index contributed by atoms with van der Waals surface area (Å²) in [5.74, 6) is -0.951. The second-order valence-electron chi connectivity index (χ2n) is 3.89. The standard InChI is InChI=1S/C13H12FNO3/c1-2-5-15-12(16)10-7-8-6-9(14)3-4-11(8)18-13(10)17/h3-4,6-7H,2,5H2,1H3,(H,15,16). The normalized spacial score (nSPS) is 10.6. The summed E-state index contributed by atoms with van der Waals surface area (Å²) in [6, 6.07) is 5.12. The molecule has 0 atom stereocenters. The molecule has 18 heavy (non-hydrogen) atoms. The van der Waals surface area contributed by atoms with Crippen molar-refractivity contribution in [2.24, 2.45) is 0 Å². The number of rotatable bonds is 3. The molecular weight excluding hydrogens is 237 g/mol. The van der Waals surface area contributed by atoms with Crippen molar-refractivity contribution >= 4 is 16.9 Å². The average molecular weight is 249 g/mol. The van der Waals surface area contributed by atoms with Crippen LogP contribution in [0.25, 0.3) is 11.0 Å². The minimum atomic E-state index is -0.720. The Hall–Kier alpha value is -2.17. The van der Waals surface area contributed by atoms with Gasteiger partial charge in [0.2, 0.25) is 0 Å². The molecule has 0 fully saturated rings. The van der Waals surface area contributed by atoms with Crippen LogP contribution in [0.1, 0.15) is 23.7 Å². The lowest BCUT2D eigenvalue weighted by molar-refractivity contribution is 0.0950. The molecule has 0 aliphatic carbocycles. The van der Waals surface area contributed by atoms with E-state index in [4.69, 9.17) is 4.42 Å². The van der Waals surface area contributed by atoms with Gasteiger partial charge in [0.1, 0.15) is 17.0 Å². The van der Waals surface area contributed by atoms with Gasteiger partial charge in [0.25, 0.3) is 5.91 Å². The Morgan fingerprint density at radius 2 is 2.17 bits per heavy atom. The van der Waals surface area contributed by atoms with Gasteiger partial charge in [-0.3, -0.25) is 4.79 Å². The molecule has 1 aromatic carbocycles. The number of hydrogen-bond donors (Lipinski definition) is 1. The fourth-order valence-corrected chi connectivity index (χ4v) is 1.59. The monoisotopic (exact) mass is 249 g/mol. The summed E-state index contributed by atoms with van der Waals surface area (Å²) in [7, 11) is 0. The van der Waals surface area contributed by atoms with Crippen LogP contribution in [-0.4, -0.2) is 12.5 Å². The molecule has 2 aromatic rings. The number of halogens is 1. The number of carbonyl (C=O) groups is 1. The maximum absolute atomic E-state index is 13.1. The highest BCUT2D eigenvalue weighted by molar-refractivity contribution is 5.96. The first-order valence-electron chi connectivity index (χ1n) is 5.63. The van der Waals surface area contributed by atoms with E-state index in [0.29, 0.717) is 11.9 Å². The molecule has 1 N–H and O–H groups in total. The average Bonchev–Trinajstić information content (AvgIpc) is 2.35. The Kier molecular flexibility index (Phi) is 3.41. The van der Waals surface area contributed by atoms with Crippen LogP contribution in [0.2, 0.25) is 0 Å². The number of nitrogens with one attached hydrogen (secondary N) is 1. The van der Waals surface area contributed by atoms with E-state index in [0.717, 1.165) is 6.42 Å². The third-order valence-electron chi connectivity index (χ3n) is 2.47. The Morgan fingerprint density at radius 3 is 2.89 bits per heavy atom. The van der Waals surface area contributed by atoms with E-state index in [1.54, 1.807) is 0 Å². The topological polar surface area (TPSA) is 59.3 Å². The Bertz CT molecular complexity index is 648. The lowest BCUT2D eigenvalue weighted by Gasteiger charge is -2.03. The maximum atomic E-state index is 13.1. The molecule has 0 aliphatic heterocycles. The Balaban J connectivity index is 2.48.